The smallest absolute Gasteiger partial charge is 0.244 e. The van der Waals surface area contributed by atoms with E-state index in [9.17, 15) is 8.42 Å². The lowest BCUT2D eigenvalue weighted by atomic mass is 9.92. The van der Waals surface area contributed by atoms with Gasteiger partial charge < -0.3 is 9.47 Å². The topological polar surface area (TPSA) is 59.1 Å². The molecule has 0 fully saturated rings. The first kappa shape index (κ1) is 23.4. The van der Waals surface area contributed by atoms with Crippen LogP contribution in [0.25, 0.3) is 0 Å². The molecule has 0 saturated carbocycles. The molecule has 1 heterocycles. The molecule has 2 aromatic carbocycles. The number of nitrogens with zero attached hydrogens (tertiary/aromatic N) is 2. The van der Waals surface area contributed by atoms with Crippen LogP contribution in [-0.4, -0.2) is 58.0 Å². The molecule has 1 aliphatic heterocycles. The summed E-state index contributed by atoms with van der Waals surface area (Å²) < 4.78 is 38.9. The summed E-state index contributed by atoms with van der Waals surface area (Å²) in [5.41, 5.74) is 4.02. The third-order valence-electron chi connectivity index (χ3n) is 6.67. The number of halogens is 1. The number of ether oxygens (including phenoxy) is 2. The molecule has 0 saturated heterocycles. The standard InChI is InChI=1S/C24H31ClN2O4S/c1-4-27(32(28,29)22-9-6-5-8-19(22)25)14-7-13-26-15-12-17-16-21(30-2)24(31-3)18-10-11-20(26)23(17)18/h5-6,8-9,16,20H,4,7,10-15H2,1-3H3/t20-/m0/s1. The third kappa shape index (κ3) is 4.12. The van der Waals surface area contributed by atoms with Crippen LogP contribution >= 0.6 is 11.6 Å². The Balaban J connectivity index is 1.46. The number of rotatable bonds is 9. The van der Waals surface area contributed by atoms with Gasteiger partial charge in [-0.15, -0.1) is 0 Å². The van der Waals surface area contributed by atoms with Gasteiger partial charge in [-0.05, 0) is 55.0 Å². The van der Waals surface area contributed by atoms with Crippen molar-refractivity contribution in [2.45, 2.75) is 43.5 Å². The van der Waals surface area contributed by atoms with E-state index in [0.717, 1.165) is 50.3 Å². The average molecular weight is 479 g/mol. The molecule has 2 aliphatic rings. The summed E-state index contributed by atoms with van der Waals surface area (Å²) in [4.78, 5) is 2.68. The Hall–Kier alpha value is -1.80. The largest absolute Gasteiger partial charge is 0.493 e. The van der Waals surface area contributed by atoms with Gasteiger partial charge in [-0.1, -0.05) is 30.7 Å². The molecule has 6 nitrogen and oxygen atoms in total. The van der Waals surface area contributed by atoms with E-state index in [4.69, 9.17) is 21.1 Å². The zero-order valence-corrected chi connectivity index (χ0v) is 20.5. The summed E-state index contributed by atoms with van der Waals surface area (Å²) >= 11 is 6.17. The van der Waals surface area contributed by atoms with Crippen molar-refractivity contribution in [2.24, 2.45) is 0 Å². The Morgan fingerprint density at radius 1 is 1.19 bits per heavy atom. The predicted octanol–water partition coefficient (Wildman–Crippen LogP) is 4.30. The lowest BCUT2D eigenvalue weighted by molar-refractivity contribution is 0.179. The highest BCUT2D eigenvalue weighted by Crippen LogP contribution is 2.48. The molecule has 0 unspecified atom stereocenters. The fourth-order valence-electron chi connectivity index (χ4n) is 5.18. The van der Waals surface area contributed by atoms with Gasteiger partial charge in [0, 0.05) is 37.8 Å². The zero-order chi connectivity index (χ0) is 22.9. The molecule has 2 aromatic rings. The van der Waals surface area contributed by atoms with Gasteiger partial charge >= 0.3 is 0 Å². The minimum Gasteiger partial charge on any atom is -0.493 e. The predicted molar refractivity (Wildman–Crippen MR) is 126 cm³/mol. The van der Waals surface area contributed by atoms with Crippen molar-refractivity contribution in [3.63, 3.8) is 0 Å². The fourth-order valence-corrected chi connectivity index (χ4v) is 7.16. The molecule has 32 heavy (non-hydrogen) atoms. The summed E-state index contributed by atoms with van der Waals surface area (Å²) in [5.74, 6) is 1.68. The summed E-state index contributed by atoms with van der Waals surface area (Å²) in [6, 6.07) is 9.13. The first-order valence-electron chi connectivity index (χ1n) is 11.2. The van der Waals surface area contributed by atoms with Crippen LogP contribution in [0.15, 0.2) is 35.2 Å². The number of benzene rings is 2. The number of hydrogen-bond acceptors (Lipinski definition) is 5. The third-order valence-corrected chi connectivity index (χ3v) is 9.14. The summed E-state index contributed by atoms with van der Waals surface area (Å²) in [6.45, 7) is 4.58. The highest BCUT2D eigenvalue weighted by atomic mass is 35.5. The van der Waals surface area contributed by atoms with E-state index in [1.54, 1.807) is 38.5 Å². The van der Waals surface area contributed by atoms with E-state index in [2.05, 4.69) is 11.0 Å². The van der Waals surface area contributed by atoms with Gasteiger partial charge in [0.15, 0.2) is 11.5 Å². The van der Waals surface area contributed by atoms with Gasteiger partial charge in [0.2, 0.25) is 10.0 Å². The Morgan fingerprint density at radius 3 is 2.66 bits per heavy atom. The molecule has 1 atom stereocenters. The summed E-state index contributed by atoms with van der Waals surface area (Å²) in [5, 5.41) is 0.265. The van der Waals surface area contributed by atoms with Crippen LogP contribution in [0, 0.1) is 0 Å². The first-order valence-corrected chi connectivity index (χ1v) is 13.0. The maximum Gasteiger partial charge on any atom is 0.244 e. The lowest BCUT2D eigenvalue weighted by Crippen LogP contribution is -2.38. The maximum atomic E-state index is 13.1. The molecular formula is C24H31ClN2O4S. The van der Waals surface area contributed by atoms with Crippen molar-refractivity contribution >= 4 is 21.6 Å². The van der Waals surface area contributed by atoms with Gasteiger partial charge in [-0.25, -0.2) is 8.42 Å². The quantitative estimate of drug-likeness (QED) is 0.537. The van der Waals surface area contributed by atoms with E-state index in [1.807, 2.05) is 6.92 Å². The van der Waals surface area contributed by atoms with Crippen LogP contribution < -0.4 is 9.47 Å². The van der Waals surface area contributed by atoms with Crippen molar-refractivity contribution in [1.29, 1.82) is 0 Å². The average Bonchev–Trinajstić information content (AvgIpc) is 3.24. The molecule has 174 valence electrons. The molecule has 4 rings (SSSR count). The van der Waals surface area contributed by atoms with Crippen LogP contribution in [0.5, 0.6) is 11.5 Å². The van der Waals surface area contributed by atoms with Crippen molar-refractivity contribution < 1.29 is 17.9 Å². The van der Waals surface area contributed by atoms with Gasteiger partial charge in [-0.3, -0.25) is 4.90 Å². The van der Waals surface area contributed by atoms with E-state index < -0.39 is 10.0 Å². The molecule has 8 heteroatoms. The monoisotopic (exact) mass is 478 g/mol. The van der Waals surface area contributed by atoms with Crippen LogP contribution in [0.4, 0.5) is 0 Å². The van der Waals surface area contributed by atoms with Crippen molar-refractivity contribution in [1.82, 2.24) is 9.21 Å². The van der Waals surface area contributed by atoms with Gasteiger partial charge in [-0.2, -0.15) is 4.31 Å². The maximum absolute atomic E-state index is 13.1. The summed E-state index contributed by atoms with van der Waals surface area (Å²) in [6.07, 6.45) is 3.77. The molecular weight excluding hydrogens is 448 g/mol. The highest BCUT2D eigenvalue weighted by molar-refractivity contribution is 7.89. The minimum absolute atomic E-state index is 0.178. The van der Waals surface area contributed by atoms with Gasteiger partial charge in [0.05, 0.1) is 19.2 Å². The Kier molecular flexibility index (Phi) is 7.00. The molecule has 1 aliphatic carbocycles. The van der Waals surface area contributed by atoms with Crippen molar-refractivity contribution in [2.75, 3.05) is 40.4 Å². The van der Waals surface area contributed by atoms with E-state index >= 15 is 0 Å². The molecule has 0 bridgehead atoms. The zero-order valence-electron chi connectivity index (χ0n) is 18.9. The highest BCUT2D eigenvalue weighted by Gasteiger charge is 2.36. The molecule has 0 spiro atoms. The second-order valence-electron chi connectivity index (χ2n) is 8.28. The lowest BCUT2D eigenvalue weighted by Gasteiger charge is -2.36. The number of hydrogen-bond donors (Lipinski definition) is 0. The molecule has 0 aromatic heterocycles. The first-order chi connectivity index (χ1) is 15.4. The fraction of sp³-hybridized carbons (Fsp3) is 0.500. The van der Waals surface area contributed by atoms with Crippen LogP contribution in [0.2, 0.25) is 5.02 Å². The SMILES string of the molecule is CCN(CCCN1CCc2cc(OC)c(OC)c3c2[C@@H]1CC3)S(=O)(=O)c1ccccc1Cl. The van der Waals surface area contributed by atoms with E-state index in [0.29, 0.717) is 19.1 Å². The van der Waals surface area contributed by atoms with Gasteiger partial charge in [0.25, 0.3) is 0 Å². The Morgan fingerprint density at radius 2 is 1.97 bits per heavy atom. The van der Waals surface area contributed by atoms with E-state index in [-0.39, 0.29) is 9.92 Å². The minimum atomic E-state index is -3.61. The van der Waals surface area contributed by atoms with Crippen molar-refractivity contribution in [3.05, 3.63) is 52.0 Å². The second kappa shape index (κ2) is 9.59. The Bertz CT molecular complexity index is 1090. The van der Waals surface area contributed by atoms with Crippen LogP contribution in [0.3, 0.4) is 0 Å². The molecule has 0 radical (unpaired) electrons. The van der Waals surface area contributed by atoms with Gasteiger partial charge in [0.1, 0.15) is 4.90 Å². The van der Waals surface area contributed by atoms with Crippen molar-refractivity contribution in [3.8, 4) is 11.5 Å². The Labute approximate surface area is 196 Å². The van der Waals surface area contributed by atoms with Crippen LogP contribution in [0.1, 0.15) is 42.5 Å². The number of methoxy groups -OCH3 is 2. The summed E-state index contributed by atoms with van der Waals surface area (Å²) in [7, 11) is -0.215. The molecule has 0 N–H and O–H groups in total. The molecule has 0 amide bonds. The van der Waals surface area contributed by atoms with Crippen LogP contribution in [-0.2, 0) is 22.9 Å². The second-order valence-corrected chi connectivity index (χ2v) is 10.6. The number of sulfonamides is 1. The van der Waals surface area contributed by atoms with E-state index in [1.165, 1.54) is 21.0 Å². The normalized spacial score (nSPS) is 18.1.